The van der Waals surface area contributed by atoms with Crippen molar-refractivity contribution in [2.45, 2.75) is 20.3 Å². The number of anilines is 1. The molecule has 2 N–H and O–H groups in total. The van der Waals surface area contributed by atoms with Gasteiger partial charge in [0.1, 0.15) is 0 Å². The zero-order valence-corrected chi connectivity index (χ0v) is 10.0. The molecule has 84 valence electrons. The van der Waals surface area contributed by atoms with Crippen LogP contribution in [0.4, 0.5) is 5.69 Å². The summed E-state index contributed by atoms with van der Waals surface area (Å²) in [4.78, 5) is 0. The molecule has 1 unspecified atom stereocenters. The molecule has 1 atom stereocenters. The Morgan fingerprint density at radius 1 is 1.47 bits per heavy atom. The topological polar surface area (TPSA) is 32.3 Å². The quantitative estimate of drug-likeness (QED) is 0.810. The summed E-state index contributed by atoms with van der Waals surface area (Å²) in [6, 6.07) is 7.61. The van der Waals surface area contributed by atoms with E-state index in [1.165, 1.54) is 0 Å². The molecular formula is C12H18ClNO. The number of halogens is 1. The molecule has 0 heterocycles. The SMILES string of the molecule is CCC(C)(CO)CNc1cccc(Cl)c1. The second kappa shape index (κ2) is 5.38. The minimum Gasteiger partial charge on any atom is -0.396 e. The molecule has 1 aromatic carbocycles. The van der Waals surface area contributed by atoms with Gasteiger partial charge in [-0.15, -0.1) is 0 Å². The van der Waals surface area contributed by atoms with Gasteiger partial charge in [-0.1, -0.05) is 31.5 Å². The summed E-state index contributed by atoms with van der Waals surface area (Å²) in [5.41, 5.74) is 0.929. The standard InChI is InChI=1S/C12H18ClNO/c1-3-12(2,9-15)8-14-11-6-4-5-10(13)7-11/h4-7,14-15H,3,8-9H2,1-2H3. The minimum atomic E-state index is -0.0671. The van der Waals surface area contributed by atoms with Crippen LogP contribution in [0.25, 0.3) is 0 Å². The van der Waals surface area contributed by atoms with Crippen molar-refractivity contribution in [2.75, 3.05) is 18.5 Å². The van der Waals surface area contributed by atoms with Crippen molar-refractivity contribution in [3.63, 3.8) is 0 Å². The third kappa shape index (κ3) is 3.73. The van der Waals surface area contributed by atoms with Gasteiger partial charge in [-0.2, -0.15) is 0 Å². The van der Waals surface area contributed by atoms with E-state index in [-0.39, 0.29) is 12.0 Å². The van der Waals surface area contributed by atoms with Crippen LogP contribution in [-0.2, 0) is 0 Å². The molecule has 3 heteroatoms. The first-order chi connectivity index (χ1) is 7.09. The second-order valence-electron chi connectivity index (χ2n) is 4.19. The molecule has 0 aliphatic rings. The Balaban J connectivity index is 2.56. The zero-order valence-electron chi connectivity index (χ0n) is 9.26. The van der Waals surface area contributed by atoms with Crippen LogP contribution in [0.2, 0.25) is 5.02 Å². The van der Waals surface area contributed by atoms with Gasteiger partial charge < -0.3 is 10.4 Å². The summed E-state index contributed by atoms with van der Waals surface area (Å²) >= 11 is 5.87. The van der Waals surface area contributed by atoms with E-state index >= 15 is 0 Å². The summed E-state index contributed by atoms with van der Waals surface area (Å²) in [6.45, 7) is 5.08. The zero-order chi connectivity index (χ0) is 11.3. The number of aliphatic hydroxyl groups is 1. The molecule has 1 rings (SSSR count). The molecular weight excluding hydrogens is 210 g/mol. The fourth-order valence-electron chi connectivity index (χ4n) is 1.21. The van der Waals surface area contributed by atoms with Gasteiger partial charge >= 0.3 is 0 Å². The highest BCUT2D eigenvalue weighted by Crippen LogP contribution is 2.22. The van der Waals surface area contributed by atoms with Crippen molar-refractivity contribution in [1.82, 2.24) is 0 Å². The van der Waals surface area contributed by atoms with Crippen LogP contribution in [0.15, 0.2) is 24.3 Å². The lowest BCUT2D eigenvalue weighted by molar-refractivity contribution is 0.149. The molecule has 0 spiro atoms. The van der Waals surface area contributed by atoms with E-state index in [2.05, 4.69) is 19.2 Å². The molecule has 0 amide bonds. The molecule has 0 aromatic heterocycles. The molecule has 0 aliphatic heterocycles. The van der Waals surface area contributed by atoms with Crippen LogP contribution in [0, 0.1) is 5.41 Å². The molecule has 0 fully saturated rings. The van der Waals surface area contributed by atoms with Crippen LogP contribution >= 0.6 is 11.6 Å². The molecule has 0 saturated carbocycles. The molecule has 0 radical (unpaired) electrons. The van der Waals surface area contributed by atoms with Crippen molar-refractivity contribution >= 4 is 17.3 Å². The first-order valence-corrected chi connectivity index (χ1v) is 5.58. The minimum absolute atomic E-state index is 0.0671. The summed E-state index contributed by atoms with van der Waals surface area (Å²) in [6.07, 6.45) is 0.942. The molecule has 0 bridgehead atoms. The highest BCUT2D eigenvalue weighted by Gasteiger charge is 2.20. The largest absolute Gasteiger partial charge is 0.396 e. The van der Waals surface area contributed by atoms with Crippen molar-refractivity contribution in [3.8, 4) is 0 Å². The Labute approximate surface area is 96.3 Å². The van der Waals surface area contributed by atoms with Crippen LogP contribution in [0.1, 0.15) is 20.3 Å². The van der Waals surface area contributed by atoms with Crippen molar-refractivity contribution in [2.24, 2.45) is 5.41 Å². The van der Waals surface area contributed by atoms with E-state index in [0.717, 1.165) is 23.7 Å². The number of hydrogen-bond acceptors (Lipinski definition) is 2. The maximum Gasteiger partial charge on any atom is 0.0501 e. The molecule has 2 nitrogen and oxygen atoms in total. The molecule has 0 saturated heterocycles. The van der Waals surface area contributed by atoms with Gasteiger partial charge in [0.25, 0.3) is 0 Å². The number of nitrogens with one attached hydrogen (secondary N) is 1. The predicted octanol–water partition coefficient (Wildman–Crippen LogP) is 3.16. The van der Waals surface area contributed by atoms with Gasteiger partial charge in [0.15, 0.2) is 0 Å². The third-order valence-electron chi connectivity index (χ3n) is 2.78. The fraction of sp³-hybridized carbons (Fsp3) is 0.500. The maximum absolute atomic E-state index is 9.25. The number of benzene rings is 1. The highest BCUT2D eigenvalue weighted by atomic mass is 35.5. The second-order valence-corrected chi connectivity index (χ2v) is 4.62. The first kappa shape index (κ1) is 12.3. The molecule has 15 heavy (non-hydrogen) atoms. The lowest BCUT2D eigenvalue weighted by Crippen LogP contribution is -2.29. The van der Waals surface area contributed by atoms with Crippen LogP contribution in [0.5, 0.6) is 0 Å². The van der Waals surface area contributed by atoms with Crippen molar-refractivity contribution in [1.29, 1.82) is 0 Å². The average Bonchev–Trinajstić information content (AvgIpc) is 2.26. The number of hydrogen-bond donors (Lipinski definition) is 2. The smallest absolute Gasteiger partial charge is 0.0501 e. The normalized spacial score (nSPS) is 14.7. The Morgan fingerprint density at radius 2 is 2.20 bits per heavy atom. The van der Waals surface area contributed by atoms with E-state index in [0.29, 0.717) is 0 Å². The highest BCUT2D eigenvalue weighted by molar-refractivity contribution is 6.30. The Morgan fingerprint density at radius 3 is 2.73 bits per heavy atom. The summed E-state index contributed by atoms with van der Waals surface area (Å²) in [5, 5.41) is 13.3. The summed E-state index contributed by atoms with van der Waals surface area (Å²) in [7, 11) is 0. The van der Waals surface area contributed by atoms with Crippen LogP contribution in [0.3, 0.4) is 0 Å². The van der Waals surface area contributed by atoms with Gasteiger partial charge in [0.05, 0.1) is 6.61 Å². The Bertz CT molecular complexity index is 310. The van der Waals surface area contributed by atoms with E-state index in [9.17, 15) is 5.11 Å². The van der Waals surface area contributed by atoms with Gasteiger partial charge in [-0.3, -0.25) is 0 Å². The van der Waals surface area contributed by atoms with E-state index in [1.807, 2.05) is 24.3 Å². The van der Waals surface area contributed by atoms with Gasteiger partial charge in [0.2, 0.25) is 0 Å². The first-order valence-electron chi connectivity index (χ1n) is 5.20. The lowest BCUT2D eigenvalue weighted by Gasteiger charge is -2.26. The number of rotatable bonds is 5. The summed E-state index contributed by atoms with van der Waals surface area (Å²) < 4.78 is 0. The Kier molecular flexibility index (Phi) is 4.43. The summed E-state index contributed by atoms with van der Waals surface area (Å²) in [5.74, 6) is 0. The molecule has 0 aliphatic carbocycles. The fourth-order valence-corrected chi connectivity index (χ4v) is 1.40. The van der Waals surface area contributed by atoms with Crippen molar-refractivity contribution in [3.05, 3.63) is 29.3 Å². The molecule has 1 aromatic rings. The number of aliphatic hydroxyl groups excluding tert-OH is 1. The van der Waals surface area contributed by atoms with Gasteiger partial charge in [-0.05, 0) is 24.6 Å². The van der Waals surface area contributed by atoms with Crippen LogP contribution < -0.4 is 5.32 Å². The van der Waals surface area contributed by atoms with E-state index in [4.69, 9.17) is 11.6 Å². The average molecular weight is 228 g/mol. The third-order valence-corrected chi connectivity index (χ3v) is 3.01. The monoisotopic (exact) mass is 227 g/mol. The van der Waals surface area contributed by atoms with Gasteiger partial charge in [-0.25, -0.2) is 0 Å². The Hall–Kier alpha value is -0.730. The van der Waals surface area contributed by atoms with Gasteiger partial charge in [0, 0.05) is 22.7 Å². The predicted molar refractivity (Wildman–Crippen MR) is 65.4 cm³/mol. The van der Waals surface area contributed by atoms with E-state index in [1.54, 1.807) is 0 Å². The maximum atomic E-state index is 9.25. The van der Waals surface area contributed by atoms with Crippen LogP contribution in [-0.4, -0.2) is 18.3 Å². The van der Waals surface area contributed by atoms with E-state index < -0.39 is 0 Å². The lowest BCUT2D eigenvalue weighted by atomic mass is 9.88. The van der Waals surface area contributed by atoms with Crippen molar-refractivity contribution < 1.29 is 5.11 Å².